The molecule has 6 nitrogen and oxygen atoms in total. The van der Waals surface area contributed by atoms with Gasteiger partial charge in [-0.1, -0.05) is 23.7 Å². The van der Waals surface area contributed by atoms with Crippen LogP contribution in [0, 0.1) is 6.92 Å². The minimum atomic E-state index is -4.58. The van der Waals surface area contributed by atoms with Crippen molar-refractivity contribution in [2.24, 2.45) is 0 Å². The molecule has 172 valence electrons. The van der Waals surface area contributed by atoms with Crippen LogP contribution in [0.2, 0.25) is 5.02 Å². The first-order chi connectivity index (χ1) is 15.6. The van der Waals surface area contributed by atoms with E-state index in [4.69, 9.17) is 11.6 Å². The van der Waals surface area contributed by atoms with Crippen LogP contribution in [-0.4, -0.2) is 28.8 Å². The number of halogens is 4. The van der Waals surface area contributed by atoms with E-state index < -0.39 is 28.8 Å². The lowest BCUT2D eigenvalue weighted by Crippen LogP contribution is -2.28. The van der Waals surface area contributed by atoms with Gasteiger partial charge >= 0.3 is 6.18 Å². The van der Waals surface area contributed by atoms with E-state index in [-0.39, 0.29) is 5.69 Å². The molecule has 0 spiro atoms. The molecule has 0 radical (unpaired) electrons. The first-order valence-electron chi connectivity index (χ1n) is 10.3. The van der Waals surface area contributed by atoms with Gasteiger partial charge in [-0.05, 0) is 50.1 Å². The normalized spacial score (nSPS) is 13.9. The second-order valence-electron chi connectivity index (χ2n) is 7.74. The Hall–Kier alpha value is -3.33. The molecule has 1 aromatic heterocycles. The van der Waals surface area contributed by atoms with Crippen LogP contribution >= 0.6 is 11.6 Å². The third kappa shape index (κ3) is 4.73. The van der Waals surface area contributed by atoms with Crippen LogP contribution in [0.4, 0.5) is 24.5 Å². The highest BCUT2D eigenvalue weighted by molar-refractivity contribution is 6.32. The van der Waals surface area contributed by atoms with Crippen molar-refractivity contribution in [1.29, 1.82) is 0 Å². The number of nitrogens with zero attached hydrogens (tertiary/aromatic N) is 3. The standard InChI is InChI=1S/C23H20ClF3N4O2/c1-14-12-20(32)21(29-31(14)18-7-3-2-6-16(18)24)22(33)28-17-13-15(23(25,26)27)8-9-19(17)30-10-4-5-11-30/h2-3,6-9,12-13H,4-5,10-11H2,1H3,(H,28,33). The first kappa shape index (κ1) is 22.8. The van der Waals surface area contributed by atoms with Crippen molar-refractivity contribution in [3.63, 3.8) is 0 Å². The van der Waals surface area contributed by atoms with Crippen molar-refractivity contribution in [2.75, 3.05) is 23.3 Å². The highest BCUT2D eigenvalue weighted by atomic mass is 35.5. The molecule has 0 atom stereocenters. The van der Waals surface area contributed by atoms with Crippen LogP contribution < -0.4 is 15.6 Å². The molecule has 0 bridgehead atoms. The van der Waals surface area contributed by atoms with Crippen LogP contribution in [0.1, 0.15) is 34.6 Å². The minimum absolute atomic E-state index is 0.0252. The SMILES string of the molecule is Cc1cc(=O)c(C(=O)Nc2cc(C(F)(F)F)ccc2N2CCCC2)nn1-c1ccccc1Cl. The maximum absolute atomic E-state index is 13.3. The first-order valence-corrected chi connectivity index (χ1v) is 10.7. The molecule has 4 rings (SSSR count). The second kappa shape index (κ2) is 8.90. The zero-order chi connectivity index (χ0) is 23.8. The molecule has 1 aliphatic heterocycles. The number of para-hydroxylation sites is 1. The van der Waals surface area contributed by atoms with E-state index in [0.29, 0.717) is 35.2 Å². The number of aryl methyl sites for hydroxylation is 1. The van der Waals surface area contributed by atoms with E-state index >= 15 is 0 Å². The summed E-state index contributed by atoms with van der Waals surface area (Å²) in [6.45, 7) is 2.96. The monoisotopic (exact) mass is 476 g/mol. The molecular weight excluding hydrogens is 457 g/mol. The van der Waals surface area contributed by atoms with E-state index in [1.165, 1.54) is 16.8 Å². The van der Waals surface area contributed by atoms with E-state index in [0.717, 1.165) is 25.0 Å². The summed E-state index contributed by atoms with van der Waals surface area (Å²) >= 11 is 6.23. The fourth-order valence-electron chi connectivity index (χ4n) is 3.80. The highest BCUT2D eigenvalue weighted by Crippen LogP contribution is 2.36. The van der Waals surface area contributed by atoms with Gasteiger partial charge in [0.15, 0.2) is 5.69 Å². The van der Waals surface area contributed by atoms with E-state index in [1.54, 1.807) is 31.2 Å². The predicted octanol–water partition coefficient (Wildman–Crippen LogP) is 5.07. The number of carbonyl (C=O) groups is 1. The Labute approximate surface area is 192 Å². The number of carbonyl (C=O) groups excluding carboxylic acids is 1. The lowest BCUT2D eigenvalue weighted by atomic mass is 10.1. The lowest BCUT2D eigenvalue weighted by Gasteiger charge is -2.23. The van der Waals surface area contributed by atoms with E-state index in [2.05, 4.69) is 10.4 Å². The summed E-state index contributed by atoms with van der Waals surface area (Å²) in [6, 6.07) is 11.2. The maximum Gasteiger partial charge on any atom is 0.416 e. The number of anilines is 2. The third-order valence-corrected chi connectivity index (χ3v) is 5.74. The molecular formula is C23H20ClF3N4O2. The zero-order valence-electron chi connectivity index (χ0n) is 17.6. The predicted molar refractivity (Wildman–Crippen MR) is 120 cm³/mol. The van der Waals surface area contributed by atoms with E-state index in [1.807, 2.05) is 4.90 Å². The van der Waals surface area contributed by atoms with Gasteiger partial charge in [-0.3, -0.25) is 9.59 Å². The number of rotatable bonds is 4. The zero-order valence-corrected chi connectivity index (χ0v) is 18.4. The summed E-state index contributed by atoms with van der Waals surface area (Å²) in [4.78, 5) is 27.5. The van der Waals surface area contributed by atoms with Crippen molar-refractivity contribution in [2.45, 2.75) is 25.9 Å². The number of alkyl halides is 3. The average Bonchev–Trinajstić information content (AvgIpc) is 3.28. The molecule has 0 aliphatic carbocycles. The number of amides is 1. The van der Waals surface area contributed by atoms with Crippen molar-refractivity contribution in [3.8, 4) is 5.69 Å². The summed E-state index contributed by atoms with van der Waals surface area (Å²) in [5.41, 5.74) is -0.654. The average molecular weight is 477 g/mol. The summed E-state index contributed by atoms with van der Waals surface area (Å²) in [5.74, 6) is -0.902. The number of hydrogen-bond acceptors (Lipinski definition) is 4. The molecule has 0 saturated carbocycles. The highest BCUT2D eigenvalue weighted by Gasteiger charge is 2.32. The quantitative estimate of drug-likeness (QED) is 0.571. The smallest absolute Gasteiger partial charge is 0.370 e. The number of hydrogen-bond donors (Lipinski definition) is 1. The van der Waals surface area contributed by atoms with Gasteiger partial charge in [-0.25, -0.2) is 4.68 Å². The summed E-state index contributed by atoms with van der Waals surface area (Å²) < 4.78 is 41.3. The number of aromatic nitrogens is 2. The molecule has 2 aromatic carbocycles. The van der Waals surface area contributed by atoms with Gasteiger partial charge in [0.05, 0.1) is 27.6 Å². The van der Waals surface area contributed by atoms with Gasteiger partial charge in [0.2, 0.25) is 5.43 Å². The Kier molecular flexibility index (Phi) is 6.16. The molecule has 0 unspecified atom stereocenters. The molecule has 1 saturated heterocycles. The summed E-state index contributed by atoms with van der Waals surface area (Å²) in [7, 11) is 0. The van der Waals surface area contributed by atoms with E-state index in [9.17, 15) is 22.8 Å². The second-order valence-corrected chi connectivity index (χ2v) is 8.15. The molecule has 1 aliphatic rings. The molecule has 1 fully saturated rings. The van der Waals surface area contributed by atoms with Gasteiger partial charge in [0.25, 0.3) is 5.91 Å². The molecule has 2 heterocycles. The molecule has 1 N–H and O–H groups in total. The summed E-state index contributed by atoms with van der Waals surface area (Å²) in [5, 5.41) is 7.01. The Bertz CT molecular complexity index is 1270. The Morgan fingerprint density at radius 1 is 1.06 bits per heavy atom. The van der Waals surface area contributed by atoms with Gasteiger partial charge in [0, 0.05) is 24.8 Å². The third-order valence-electron chi connectivity index (χ3n) is 5.42. The minimum Gasteiger partial charge on any atom is -0.370 e. The molecule has 33 heavy (non-hydrogen) atoms. The number of benzene rings is 2. The Balaban J connectivity index is 1.75. The molecule has 10 heteroatoms. The van der Waals surface area contributed by atoms with Gasteiger partial charge < -0.3 is 10.2 Å². The van der Waals surface area contributed by atoms with Crippen molar-refractivity contribution in [1.82, 2.24) is 9.78 Å². The van der Waals surface area contributed by atoms with Gasteiger partial charge in [-0.15, -0.1) is 0 Å². The topological polar surface area (TPSA) is 67.2 Å². The van der Waals surface area contributed by atoms with Crippen LogP contribution in [0.15, 0.2) is 53.3 Å². The fourth-order valence-corrected chi connectivity index (χ4v) is 4.02. The van der Waals surface area contributed by atoms with Crippen molar-refractivity contribution >= 4 is 28.9 Å². The largest absolute Gasteiger partial charge is 0.416 e. The van der Waals surface area contributed by atoms with Gasteiger partial charge in [-0.2, -0.15) is 18.3 Å². The Morgan fingerprint density at radius 3 is 2.42 bits per heavy atom. The maximum atomic E-state index is 13.3. The van der Waals surface area contributed by atoms with Crippen molar-refractivity contribution < 1.29 is 18.0 Å². The van der Waals surface area contributed by atoms with Gasteiger partial charge in [0.1, 0.15) is 0 Å². The molecule has 3 aromatic rings. The van der Waals surface area contributed by atoms with Crippen LogP contribution in [0.3, 0.4) is 0 Å². The Morgan fingerprint density at radius 2 is 1.76 bits per heavy atom. The number of nitrogens with one attached hydrogen (secondary N) is 1. The van der Waals surface area contributed by atoms with Crippen LogP contribution in [0.25, 0.3) is 5.69 Å². The van der Waals surface area contributed by atoms with Crippen LogP contribution in [0.5, 0.6) is 0 Å². The fraction of sp³-hybridized carbons (Fsp3) is 0.261. The summed E-state index contributed by atoms with van der Waals surface area (Å²) in [6.07, 6.45) is -2.78. The molecule has 1 amide bonds. The van der Waals surface area contributed by atoms with Crippen molar-refractivity contribution in [3.05, 3.63) is 80.7 Å². The lowest BCUT2D eigenvalue weighted by molar-refractivity contribution is -0.137. The van der Waals surface area contributed by atoms with Crippen LogP contribution in [-0.2, 0) is 6.18 Å².